The van der Waals surface area contributed by atoms with Gasteiger partial charge in [-0.2, -0.15) is 0 Å². The third-order valence-corrected chi connectivity index (χ3v) is 22.5. The van der Waals surface area contributed by atoms with Crippen LogP contribution in [0.3, 0.4) is 0 Å². The van der Waals surface area contributed by atoms with Crippen LogP contribution in [0, 0.1) is 0 Å². The minimum atomic E-state index is -0.0869. The van der Waals surface area contributed by atoms with E-state index in [0.717, 1.165) is 219 Å². The zero-order valence-corrected chi connectivity index (χ0v) is 73.2. The van der Waals surface area contributed by atoms with E-state index < -0.39 is 0 Å². The van der Waals surface area contributed by atoms with Crippen molar-refractivity contribution in [1.82, 2.24) is 19.6 Å². The number of esters is 4. The Morgan fingerprint density at radius 1 is 0.213 bits per heavy atom. The minimum Gasteiger partial charge on any atom is -0.466 e. The first-order chi connectivity index (χ1) is 52.8. The van der Waals surface area contributed by atoms with Gasteiger partial charge in [0.2, 0.25) is 11.8 Å². The number of nitrogens with zero attached hydrogens (tertiary/aromatic N) is 4. The van der Waals surface area contributed by atoms with Crippen LogP contribution in [0.15, 0.2) is 0 Å². The molecule has 0 aliphatic heterocycles. The number of amides is 2. The zero-order chi connectivity index (χ0) is 78.9. The largest absolute Gasteiger partial charge is 0.466 e. The number of likely N-dealkylation sites (N-methyl/N-ethyl adjacent to an activating group) is 2. The van der Waals surface area contributed by atoms with E-state index in [9.17, 15) is 28.8 Å². The molecule has 0 atom stereocenters. The van der Waals surface area contributed by atoms with Crippen LogP contribution in [0.1, 0.15) is 478 Å². The van der Waals surface area contributed by atoms with Gasteiger partial charge in [0, 0.05) is 78.8 Å². The summed E-state index contributed by atoms with van der Waals surface area (Å²) in [6.45, 7) is 20.9. The fourth-order valence-corrected chi connectivity index (χ4v) is 14.9. The predicted molar refractivity (Wildman–Crippen MR) is 458 cm³/mol. The molecule has 0 radical (unpaired) electrons. The second-order valence-corrected chi connectivity index (χ2v) is 33.0. The fraction of sp³-hybridized carbons (Fsp3) is 0.936. The molecule has 638 valence electrons. The maximum absolute atomic E-state index is 13.7. The summed E-state index contributed by atoms with van der Waals surface area (Å²) in [7, 11) is 3.73. The van der Waals surface area contributed by atoms with E-state index in [1.54, 1.807) is 9.80 Å². The Bertz CT molecular complexity index is 1810. The van der Waals surface area contributed by atoms with Crippen molar-refractivity contribution in [2.45, 2.75) is 490 Å². The van der Waals surface area contributed by atoms with Crippen molar-refractivity contribution in [2.75, 3.05) is 79.7 Å². The number of carbonyl (C=O) groups excluding carboxylic acids is 6. The highest BCUT2D eigenvalue weighted by Gasteiger charge is 2.20. The topological polar surface area (TPSA) is 152 Å². The van der Waals surface area contributed by atoms with Crippen LogP contribution in [-0.4, -0.2) is 147 Å². The van der Waals surface area contributed by atoms with Gasteiger partial charge in [-0.25, -0.2) is 0 Å². The molecule has 0 aromatic carbocycles. The van der Waals surface area contributed by atoms with Crippen LogP contribution in [-0.2, 0) is 47.7 Å². The fourth-order valence-electron chi connectivity index (χ4n) is 14.9. The molecule has 108 heavy (non-hydrogen) atoms. The molecule has 14 nitrogen and oxygen atoms in total. The SMILES string of the molecule is CCCCCCCCCCCOC(=O)CCCCCN(CCCCCCCC(=O)OC(CCCCCCCC)CCCCCCCC)CCN(C)C(=O)CCC(=O)N(C)CCN(CCCCCCCC(=O)OC(CCCCCCCC)CCCCCCCC)CCCCCC(=O)OCCCCCCCCCCC. The van der Waals surface area contributed by atoms with Crippen molar-refractivity contribution in [2.24, 2.45) is 0 Å². The number of hydrogen-bond donors (Lipinski definition) is 0. The van der Waals surface area contributed by atoms with Crippen LogP contribution in [0.5, 0.6) is 0 Å². The molecule has 14 heteroatoms. The molecule has 0 aliphatic carbocycles. The standard InChI is InChI=1S/C94H182N4O10/c1-9-15-21-27-33-35-37-49-65-85-105-91(101)71-59-51-63-79-97(77-61-47-39-45-57-73-93(103)107-87(67-53-41-29-23-17-11-3)68-54-42-30-24-18-12-4)83-81-95(7)89(99)75-76-90(100)96(8)82-84-98(80-64-52-60-72-92(102)106-86-66-50-38-36-34-28-22-16-10-2)78-62-48-40-46-58-74-94(104)108-88(69-55-43-31-25-19-13-5)70-56-44-32-26-20-14-6/h87-88H,9-86H2,1-8H3. The van der Waals surface area contributed by atoms with Crippen molar-refractivity contribution in [3.63, 3.8) is 0 Å². The molecule has 0 fully saturated rings. The van der Waals surface area contributed by atoms with Gasteiger partial charge in [0.1, 0.15) is 12.2 Å². The van der Waals surface area contributed by atoms with Gasteiger partial charge in [-0.15, -0.1) is 0 Å². The summed E-state index contributed by atoms with van der Waals surface area (Å²) in [5, 5.41) is 0. The lowest BCUT2D eigenvalue weighted by molar-refractivity contribution is -0.151. The summed E-state index contributed by atoms with van der Waals surface area (Å²) in [6.07, 6.45) is 74.2. The van der Waals surface area contributed by atoms with Gasteiger partial charge < -0.3 is 38.5 Å². The van der Waals surface area contributed by atoms with Gasteiger partial charge in [0.05, 0.1) is 13.2 Å². The van der Waals surface area contributed by atoms with Crippen molar-refractivity contribution in [3.05, 3.63) is 0 Å². The molecule has 2 amide bonds. The maximum Gasteiger partial charge on any atom is 0.306 e. The summed E-state index contributed by atoms with van der Waals surface area (Å²) >= 11 is 0. The first-order valence-electron chi connectivity index (χ1n) is 47.5. The molecule has 0 spiro atoms. The van der Waals surface area contributed by atoms with Crippen molar-refractivity contribution in [3.8, 4) is 0 Å². The Labute approximate surface area is 669 Å². The molecule has 0 rings (SSSR count). The summed E-state index contributed by atoms with van der Waals surface area (Å²) in [6, 6.07) is 0. The molecule has 0 unspecified atom stereocenters. The maximum atomic E-state index is 13.7. The van der Waals surface area contributed by atoms with Crippen LogP contribution in [0.2, 0.25) is 0 Å². The lowest BCUT2D eigenvalue weighted by Crippen LogP contribution is -2.39. The highest BCUT2D eigenvalue weighted by atomic mass is 16.6. The summed E-state index contributed by atoms with van der Waals surface area (Å²) in [4.78, 5) is 87.6. The van der Waals surface area contributed by atoms with Crippen molar-refractivity contribution >= 4 is 35.7 Å². The average molecular weight is 1530 g/mol. The van der Waals surface area contributed by atoms with Crippen LogP contribution in [0.4, 0.5) is 0 Å². The Kier molecular flexibility index (Phi) is 80.7. The molecule has 0 N–H and O–H groups in total. The highest BCUT2D eigenvalue weighted by molar-refractivity contribution is 5.83. The van der Waals surface area contributed by atoms with Crippen LogP contribution in [0.25, 0.3) is 0 Å². The molecule has 0 aromatic heterocycles. The number of rotatable bonds is 87. The Morgan fingerprint density at radius 2 is 0.417 bits per heavy atom. The molecule has 0 heterocycles. The van der Waals surface area contributed by atoms with Gasteiger partial charge in [-0.1, -0.05) is 324 Å². The molecule has 0 saturated heterocycles. The van der Waals surface area contributed by atoms with Gasteiger partial charge >= 0.3 is 23.9 Å². The van der Waals surface area contributed by atoms with Gasteiger partial charge in [0.25, 0.3) is 0 Å². The van der Waals surface area contributed by atoms with E-state index >= 15 is 0 Å². The number of ether oxygens (including phenoxy) is 4. The van der Waals surface area contributed by atoms with E-state index in [0.29, 0.717) is 52.0 Å². The molecule has 0 aromatic rings. The number of unbranched alkanes of at least 4 members (excludes halogenated alkanes) is 48. The third kappa shape index (κ3) is 74.2. The second-order valence-electron chi connectivity index (χ2n) is 33.0. The van der Waals surface area contributed by atoms with E-state index in [-0.39, 0.29) is 60.7 Å². The minimum absolute atomic E-state index is 0.0191. The summed E-state index contributed by atoms with van der Waals surface area (Å²) in [5.41, 5.74) is 0. The first-order valence-corrected chi connectivity index (χ1v) is 47.5. The molecular weight excluding hydrogens is 1350 g/mol. The smallest absolute Gasteiger partial charge is 0.306 e. The Hall–Kier alpha value is -3.26. The van der Waals surface area contributed by atoms with Gasteiger partial charge in [-0.3, -0.25) is 28.8 Å². The van der Waals surface area contributed by atoms with Gasteiger partial charge in [-0.05, 0) is 142 Å². The Balaban J connectivity index is 5.55. The Morgan fingerprint density at radius 3 is 0.676 bits per heavy atom. The second kappa shape index (κ2) is 83.2. The summed E-state index contributed by atoms with van der Waals surface area (Å²) < 4.78 is 23.5. The zero-order valence-electron chi connectivity index (χ0n) is 73.2. The number of hydrogen-bond acceptors (Lipinski definition) is 12. The van der Waals surface area contributed by atoms with Crippen molar-refractivity contribution < 1.29 is 47.7 Å². The average Bonchev–Trinajstić information content (AvgIpc) is 0.953. The monoisotopic (exact) mass is 1530 g/mol. The lowest BCUT2D eigenvalue weighted by atomic mass is 10.0. The first kappa shape index (κ1) is 105. The lowest BCUT2D eigenvalue weighted by Gasteiger charge is -2.27. The summed E-state index contributed by atoms with van der Waals surface area (Å²) in [5.74, 6) is -0.260. The van der Waals surface area contributed by atoms with Crippen LogP contribution < -0.4 is 0 Å². The predicted octanol–water partition coefficient (Wildman–Crippen LogP) is 26.1. The van der Waals surface area contributed by atoms with Gasteiger partial charge in [0.15, 0.2) is 0 Å². The molecule has 0 saturated carbocycles. The molecule has 0 bridgehead atoms. The van der Waals surface area contributed by atoms with E-state index in [2.05, 4.69) is 51.3 Å². The molecular formula is C94H182N4O10. The molecule has 0 aliphatic rings. The van der Waals surface area contributed by atoms with E-state index in [1.807, 2.05) is 14.1 Å². The van der Waals surface area contributed by atoms with Crippen molar-refractivity contribution in [1.29, 1.82) is 0 Å². The highest BCUT2D eigenvalue weighted by Crippen LogP contribution is 2.22. The third-order valence-electron chi connectivity index (χ3n) is 22.5. The quantitative estimate of drug-likeness (QED) is 0.0324. The van der Waals surface area contributed by atoms with Crippen LogP contribution >= 0.6 is 0 Å². The normalized spacial score (nSPS) is 11.6. The van der Waals surface area contributed by atoms with E-state index in [1.165, 1.54) is 218 Å². The van der Waals surface area contributed by atoms with E-state index in [4.69, 9.17) is 18.9 Å². The number of carbonyl (C=O) groups is 6.